The number of benzene rings is 2. The number of hydrogen-bond acceptors (Lipinski definition) is 4. The Bertz CT molecular complexity index is 888. The van der Waals surface area contributed by atoms with Gasteiger partial charge in [0.1, 0.15) is 0 Å². The summed E-state index contributed by atoms with van der Waals surface area (Å²) in [5, 5.41) is 2.84. The molecule has 27 heavy (non-hydrogen) atoms. The molecule has 0 aliphatic carbocycles. The minimum atomic E-state index is -3.53. The molecular weight excluding hydrogens is 364 g/mol. The van der Waals surface area contributed by atoms with Crippen LogP contribution in [0.15, 0.2) is 53.4 Å². The van der Waals surface area contributed by atoms with Gasteiger partial charge in [-0.1, -0.05) is 30.3 Å². The molecule has 3 rings (SSSR count). The Morgan fingerprint density at radius 2 is 1.74 bits per heavy atom. The molecule has 2 aromatic carbocycles. The van der Waals surface area contributed by atoms with Gasteiger partial charge in [0.15, 0.2) is 0 Å². The van der Waals surface area contributed by atoms with Crippen LogP contribution in [-0.2, 0) is 27.9 Å². The van der Waals surface area contributed by atoms with Gasteiger partial charge in [0.2, 0.25) is 10.0 Å². The maximum atomic E-state index is 12.7. The van der Waals surface area contributed by atoms with Crippen LogP contribution in [0.2, 0.25) is 0 Å². The van der Waals surface area contributed by atoms with Gasteiger partial charge in [0.25, 0.3) is 5.91 Å². The Morgan fingerprint density at radius 1 is 1.07 bits per heavy atom. The fraction of sp³-hybridized carbons (Fsp3) is 0.350. The lowest BCUT2D eigenvalue weighted by atomic mass is 10.1. The highest BCUT2D eigenvalue weighted by Gasteiger charge is 2.27. The summed E-state index contributed by atoms with van der Waals surface area (Å²) in [5.74, 6) is -0.297. The average molecular weight is 388 g/mol. The molecule has 0 unspecified atom stereocenters. The van der Waals surface area contributed by atoms with E-state index in [0.717, 1.165) is 24.0 Å². The van der Waals surface area contributed by atoms with E-state index in [1.807, 2.05) is 24.3 Å². The van der Waals surface area contributed by atoms with Crippen LogP contribution in [0.3, 0.4) is 0 Å². The predicted octanol–water partition coefficient (Wildman–Crippen LogP) is 2.55. The third kappa shape index (κ3) is 4.74. The minimum Gasteiger partial charge on any atom is -0.380 e. The number of nitrogens with zero attached hydrogens (tertiary/aromatic N) is 1. The van der Waals surface area contributed by atoms with Gasteiger partial charge in [-0.15, -0.1) is 0 Å². The fourth-order valence-corrected chi connectivity index (χ4v) is 4.64. The number of amides is 1. The minimum absolute atomic E-state index is 0.168. The van der Waals surface area contributed by atoms with E-state index in [0.29, 0.717) is 31.8 Å². The maximum absolute atomic E-state index is 12.7. The zero-order valence-electron chi connectivity index (χ0n) is 15.3. The normalized spacial score (nSPS) is 15.0. The Morgan fingerprint density at radius 3 is 2.41 bits per heavy atom. The van der Waals surface area contributed by atoms with Crippen LogP contribution in [0.4, 0.5) is 0 Å². The number of sulfonamides is 1. The van der Waals surface area contributed by atoms with Crippen LogP contribution in [0, 0.1) is 0 Å². The zero-order chi connectivity index (χ0) is 19.3. The van der Waals surface area contributed by atoms with Crippen LogP contribution < -0.4 is 5.32 Å². The lowest BCUT2D eigenvalue weighted by Gasteiger charge is -2.16. The number of hydrogen-bond donors (Lipinski definition) is 1. The lowest BCUT2D eigenvalue weighted by molar-refractivity contribution is 0.0950. The van der Waals surface area contributed by atoms with Crippen molar-refractivity contribution in [2.75, 3.05) is 20.2 Å². The third-order valence-corrected chi connectivity index (χ3v) is 6.48. The summed E-state index contributed by atoms with van der Waals surface area (Å²) in [6.07, 6.45) is 1.76. The summed E-state index contributed by atoms with van der Waals surface area (Å²) in [4.78, 5) is 12.6. The number of carbonyl (C=O) groups excluding carboxylic acids is 1. The molecule has 0 saturated carbocycles. The molecule has 0 bridgehead atoms. The molecule has 1 aliphatic heterocycles. The van der Waals surface area contributed by atoms with Crippen molar-refractivity contribution >= 4 is 15.9 Å². The molecule has 0 atom stereocenters. The van der Waals surface area contributed by atoms with Gasteiger partial charge in [-0.3, -0.25) is 4.79 Å². The molecule has 7 heteroatoms. The number of methoxy groups -OCH3 is 1. The monoisotopic (exact) mass is 388 g/mol. The van der Waals surface area contributed by atoms with Gasteiger partial charge in [-0.2, -0.15) is 4.31 Å². The number of ether oxygens (including phenoxy) is 1. The van der Waals surface area contributed by atoms with E-state index >= 15 is 0 Å². The highest BCUT2D eigenvalue weighted by Crippen LogP contribution is 2.21. The third-order valence-electron chi connectivity index (χ3n) is 4.59. The molecule has 144 valence electrons. The Balaban J connectivity index is 1.66. The Hall–Kier alpha value is -2.22. The van der Waals surface area contributed by atoms with Crippen molar-refractivity contribution in [3.8, 4) is 0 Å². The quantitative estimate of drug-likeness (QED) is 0.791. The second-order valence-corrected chi connectivity index (χ2v) is 8.51. The first-order valence-electron chi connectivity index (χ1n) is 8.96. The lowest BCUT2D eigenvalue weighted by Crippen LogP contribution is -2.28. The first-order chi connectivity index (χ1) is 13.0. The van der Waals surface area contributed by atoms with Crippen LogP contribution >= 0.6 is 0 Å². The van der Waals surface area contributed by atoms with Crippen molar-refractivity contribution in [2.45, 2.75) is 30.9 Å². The SMILES string of the molecule is COCc1ccc(CNC(=O)c2cccc(S(=O)(=O)N3CCCC3)c2)cc1. The molecular formula is C20H24N2O4S. The molecule has 1 amide bonds. The van der Waals surface area contributed by atoms with Crippen molar-refractivity contribution in [1.82, 2.24) is 9.62 Å². The van der Waals surface area contributed by atoms with E-state index < -0.39 is 10.0 Å². The van der Waals surface area contributed by atoms with Gasteiger partial charge in [0.05, 0.1) is 11.5 Å². The van der Waals surface area contributed by atoms with E-state index in [2.05, 4.69) is 5.32 Å². The summed E-state index contributed by atoms with van der Waals surface area (Å²) in [5.41, 5.74) is 2.36. The summed E-state index contributed by atoms with van der Waals surface area (Å²) < 4.78 is 31.9. The second-order valence-electron chi connectivity index (χ2n) is 6.57. The highest BCUT2D eigenvalue weighted by atomic mass is 32.2. The molecule has 1 N–H and O–H groups in total. The molecule has 1 fully saturated rings. The second kappa shape index (κ2) is 8.65. The van der Waals surface area contributed by atoms with E-state index in [9.17, 15) is 13.2 Å². The average Bonchev–Trinajstić information content (AvgIpc) is 3.23. The van der Waals surface area contributed by atoms with Crippen LogP contribution in [0.5, 0.6) is 0 Å². The Labute approximate surface area is 160 Å². The van der Waals surface area contributed by atoms with Crippen LogP contribution in [0.1, 0.15) is 34.3 Å². The molecule has 1 saturated heterocycles. The molecule has 0 radical (unpaired) electrons. The highest BCUT2D eigenvalue weighted by molar-refractivity contribution is 7.89. The number of nitrogens with one attached hydrogen (secondary N) is 1. The summed E-state index contributed by atoms with van der Waals surface area (Å²) in [7, 11) is -1.89. The fourth-order valence-electron chi connectivity index (χ4n) is 3.08. The molecule has 6 nitrogen and oxygen atoms in total. The maximum Gasteiger partial charge on any atom is 0.251 e. The van der Waals surface area contributed by atoms with Gasteiger partial charge in [-0.05, 0) is 42.2 Å². The van der Waals surface area contributed by atoms with Crippen molar-refractivity contribution in [1.29, 1.82) is 0 Å². The van der Waals surface area contributed by atoms with E-state index in [1.54, 1.807) is 25.3 Å². The first kappa shape index (κ1) is 19.5. The first-order valence-corrected chi connectivity index (χ1v) is 10.4. The van der Waals surface area contributed by atoms with Crippen molar-refractivity contribution in [3.05, 3.63) is 65.2 Å². The van der Waals surface area contributed by atoms with Gasteiger partial charge in [0, 0.05) is 32.3 Å². The van der Waals surface area contributed by atoms with Crippen LogP contribution in [0.25, 0.3) is 0 Å². The van der Waals surface area contributed by atoms with Crippen molar-refractivity contribution < 1.29 is 17.9 Å². The van der Waals surface area contributed by atoms with E-state index in [-0.39, 0.29) is 10.8 Å². The molecule has 2 aromatic rings. The van der Waals surface area contributed by atoms with Gasteiger partial charge < -0.3 is 10.1 Å². The summed E-state index contributed by atoms with van der Waals surface area (Å²) in [6.45, 7) is 2.00. The molecule has 1 aliphatic rings. The Kier molecular flexibility index (Phi) is 6.26. The predicted molar refractivity (Wildman–Crippen MR) is 103 cm³/mol. The number of rotatable bonds is 7. The van der Waals surface area contributed by atoms with Gasteiger partial charge in [-0.25, -0.2) is 8.42 Å². The van der Waals surface area contributed by atoms with Crippen molar-refractivity contribution in [2.24, 2.45) is 0 Å². The van der Waals surface area contributed by atoms with Crippen LogP contribution in [-0.4, -0.2) is 38.8 Å². The smallest absolute Gasteiger partial charge is 0.251 e. The zero-order valence-corrected chi connectivity index (χ0v) is 16.2. The summed E-state index contributed by atoms with van der Waals surface area (Å²) >= 11 is 0. The molecule has 1 heterocycles. The largest absolute Gasteiger partial charge is 0.380 e. The topological polar surface area (TPSA) is 75.7 Å². The number of carbonyl (C=O) groups is 1. The van der Waals surface area contributed by atoms with Gasteiger partial charge >= 0.3 is 0 Å². The van der Waals surface area contributed by atoms with E-state index in [4.69, 9.17) is 4.74 Å². The van der Waals surface area contributed by atoms with Crippen molar-refractivity contribution in [3.63, 3.8) is 0 Å². The van der Waals surface area contributed by atoms with E-state index in [1.165, 1.54) is 10.4 Å². The summed E-state index contributed by atoms with van der Waals surface area (Å²) in [6, 6.07) is 14.0. The molecule has 0 spiro atoms. The molecule has 0 aromatic heterocycles. The standard InChI is InChI=1S/C20H24N2O4S/c1-26-15-17-9-7-16(8-10-17)14-21-20(23)18-5-4-6-19(13-18)27(24,25)22-11-2-3-12-22/h4-10,13H,2-3,11-12,14-15H2,1H3,(H,21,23).